The average Bonchev–Trinajstić information content (AvgIpc) is 2.58. The third kappa shape index (κ3) is 2.79. The molecule has 1 aromatic carbocycles. The molecule has 1 N–H and O–H groups in total. The van der Waals surface area contributed by atoms with E-state index in [1.807, 2.05) is 11.7 Å². The van der Waals surface area contributed by atoms with Gasteiger partial charge in [-0.05, 0) is 26.3 Å². The molecule has 96 valence electrons. The van der Waals surface area contributed by atoms with Crippen LogP contribution in [0.1, 0.15) is 28.1 Å². The number of hydrogen-bond donors (Lipinski definition) is 1. The maximum Gasteiger partial charge on any atom is 0.0641 e. The number of aromatic nitrogens is 2. The monoisotopic (exact) mass is 243 g/mol. The van der Waals surface area contributed by atoms with Crippen molar-refractivity contribution in [1.82, 2.24) is 15.1 Å². The lowest BCUT2D eigenvalue weighted by atomic mass is 10.1. The molecule has 18 heavy (non-hydrogen) atoms. The van der Waals surface area contributed by atoms with Gasteiger partial charge in [0.25, 0.3) is 0 Å². The van der Waals surface area contributed by atoms with Gasteiger partial charge in [-0.15, -0.1) is 0 Å². The Labute approximate surface area is 109 Å². The van der Waals surface area contributed by atoms with E-state index in [-0.39, 0.29) is 0 Å². The van der Waals surface area contributed by atoms with Crippen LogP contribution in [0.5, 0.6) is 0 Å². The van der Waals surface area contributed by atoms with Crippen LogP contribution >= 0.6 is 0 Å². The van der Waals surface area contributed by atoms with Gasteiger partial charge >= 0.3 is 0 Å². The van der Waals surface area contributed by atoms with Crippen molar-refractivity contribution in [2.45, 2.75) is 33.9 Å². The summed E-state index contributed by atoms with van der Waals surface area (Å²) < 4.78 is 1.94. The van der Waals surface area contributed by atoms with Gasteiger partial charge in [0.1, 0.15) is 0 Å². The second-order valence-corrected chi connectivity index (χ2v) is 4.86. The molecule has 0 aliphatic heterocycles. The number of rotatable bonds is 4. The van der Waals surface area contributed by atoms with Gasteiger partial charge in [0.15, 0.2) is 0 Å². The van der Waals surface area contributed by atoms with Crippen LogP contribution in [0.3, 0.4) is 0 Å². The highest BCUT2D eigenvalue weighted by Gasteiger charge is 2.08. The van der Waals surface area contributed by atoms with Crippen LogP contribution in [-0.4, -0.2) is 9.78 Å². The summed E-state index contributed by atoms with van der Waals surface area (Å²) >= 11 is 0. The first-order valence-corrected chi connectivity index (χ1v) is 6.33. The van der Waals surface area contributed by atoms with Crippen LogP contribution in [0.4, 0.5) is 0 Å². The third-order valence-corrected chi connectivity index (χ3v) is 3.41. The maximum absolute atomic E-state index is 4.42. The Kier molecular flexibility index (Phi) is 3.82. The van der Waals surface area contributed by atoms with Crippen LogP contribution in [0.2, 0.25) is 0 Å². The molecule has 0 atom stereocenters. The fraction of sp³-hybridized carbons (Fsp3) is 0.400. The summed E-state index contributed by atoms with van der Waals surface area (Å²) in [4.78, 5) is 0. The molecule has 2 rings (SSSR count). The van der Waals surface area contributed by atoms with Crippen LogP contribution < -0.4 is 5.32 Å². The SMILES string of the molecule is Cc1ccc(CNCc2c(C)nn(C)c2C)cc1. The summed E-state index contributed by atoms with van der Waals surface area (Å²) in [7, 11) is 1.99. The van der Waals surface area contributed by atoms with Crippen molar-refractivity contribution in [3.8, 4) is 0 Å². The minimum absolute atomic E-state index is 0.874. The Hall–Kier alpha value is -1.61. The van der Waals surface area contributed by atoms with Gasteiger partial charge < -0.3 is 5.32 Å². The number of nitrogens with one attached hydrogen (secondary N) is 1. The van der Waals surface area contributed by atoms with E-state index in [9.17, 15) is 0 Å². The highest BCUT2D eigenvalue weighted by molar-refractivity contribution is 5.25. The Bertz CT molecular complexity index is 523. The zero-order valence-corrected chi connectivity index (χ0v) is 11.6. The fourth-order valence-corrected chi connectivity index (χ4v) is 2.11. The van der Waals surface area contributed by atoms with Gasteiger partial charge in [0, 0.05) is 31.4 Å². The molecule has 1 heterocycles. The number of hydrogen-bond acceptors (Lipinski definition) is 2. The van der Waals surface area contributed by atoms with Crippen LogP contribution in [0, 0.1) is 20.8 Å². The Morgan fingerprint density at radius 2 is 1.72 bits per heavy atom. The maximum atomic E-state index is 4.42. The molecule has 3 nitrogen and oxygen atoms in total. The van der Waals surface area contributed by atoms with E-state index in [1.165, 1.54) is 22.4 Å². The normalized spacial score (nSPS) is 10.9. The van der Waals surface area contributed by atoms with Gasteiger partial charge in [0.2, 0.25) is 0 Å². The molecule has 2 aromatic rings. The summed E-state index contributed by atoms with van der Waals surface area (Å²) in [6.07, 6.45) is 0. The zero-order chi connectivity index (χ0) is 13.1. The molecule has 0 bridgehead atoms. The molecule has 0 saturated heterocycles. The van der Waals surface area contributed by atoms with Crippen molar-refractivity contribution in [2.75, 3.05) is 0 Å². The van der Waals surface area contributed by atoms with Crippen molar-refractivity contribution >= 4 is 0 Å². The van der Waals surface area contributed by atoms with E-state index >= 15 is 0 Å². The van der Waals surface area contributed by atoms with Crippen molar-refractivity contribution in [3.05, 3.63) is 52.3 Å². The summed E-state index contributed by atoms with van der Waals surface area (Å²) in [5.41, 5.74) is 6.29. The lowest BCUT2D eigenvalue weighted by Gasteiger charge is -2.06. The molecule has 0 aliphatic carbocycles. The molecule has 0 saturated carbocycles. The Morgan fingerprint density at radius 3 is 2.28 bits per heavy atom. The average molecular weight is 243 g/mol. The summed E-state index contributed by atoms with van der Waals surface area (Å²) in [6, 6.07) is 8.64. The predicted octanol–water partition coefficient (Wildman–Crippen LogP) is 2.64. The summed E-state index contributed by atoms with van der Waals surface area (Å²) in [6.45, 7) is 8.06. The first kappa shape index (κ1) is 12.8. The molecule has 1 aromatic heterocycles. The van der Waals surface area contributed by atoms with E-state index in [0.717, 1.165) is 18.8 Å². The second kappa shape index (κ2) is 5.36. The van der Waals surface area contributed by atoms with Crippen LogP contribution in [0.15, 0.2) is 24.3 Å². The highest BCUT2D eigenvalue weighted by Crippen LogP contribution is 2.11. The highest BCUT2D eigenvalue weighted by atomic mass is 15.3. The molecule has 3 heteroatoms. The molecular weight excluding hydrogens is 222 g/mol. The molecule has 0 fully saturated rings. The topological polar surface area (TPSA) is 29.9 Å². The quantitative estimate of drug-likeness (QED) is 0.894. The van der Waals surface area contributed by atoms with Crippen molar-refractivity contribution in [1.29, 1.82) is 0 Å². The lowest BCUT2D eigenvalue weighted by Crippen LogP contribution is -2.13. The van der Waals surface area contributed by atoms with Crippen LogP contribution in [-0.2, 0) is 20.1 Å². The fourth-order valence-electron chi connectivity index (χ4n) is 2.11. The van der Waals surface area contributed by atoms with E-state index in [0.29, 0.717) is 0 Å². The van der Waals surface area contributed by atoms with Gasteiger partial charge in [-0.3, -0.25) is 4.68 Å². The molecule has 0 radical (unpaired) electrons. The Balaban J connectivity index is 1.94. The van der Waals surface area contributed by atoms with Crippen molar-refractivity contribution in [3.63, 3.8) is 0 Å². The standard InChI is InChI=1S/C15H21N3/c1-11-5-7-14(8-6-11)9-16-10-15-12(2)17-18(4)13(15)3/h5-8,16H,9-10H2,1-4H3. The molecular formula is C15H21N3. The molecule has 0 spiro atoms. The number of benzene rings is 1. The first-order valence-electron chi connectivity index (χ1n) is 6.33. The first-order chi connectivity index (χ1) is 8.58. The zero-order valence-electron chi connectivity index (χ0n) is 11.6. The van der Waals surface area contributed by atoms with Crippen molar-refractivity contribution in [2.24, 2.45) is 7.05 Å². The minimum atomic E-state index is 0.874. The summed E-state index contributed by atoms with van der Waals surface area (Å²) in [5, 5.41) is 7.90. The molecule has 0 aliphatic rings. The van der Waals surface area contributed by atoms with E-state index < -0.39 is 0 Å². The molecule has 0 unspecified atom stereocenters. The van der Waals surface area contributed by atoms with Gasteiger partial charge in [-0.25, -0.2) is 0 Å². The van der Waals surface area contributed by atoms with Gasteiger partial charge in [-0.1, -0.05) is 29.8 Å². The number of nitrogens with zero attached hydrogens (tertiary/aromatic N) is 2. The lowest BCUT2D eigenvalue weighted by molar-refractivity contribution is 0.684. The minimum Gasteiger partial charge on any atom is -0.308 e. The van der Waals surface area contributed by atoms with E-state index in [4.69, 9.17) is 0 Å². The van der Waals surface area contributed by atoms with E-state index in [1.54, 1.807) is 0 Å². The smallest absolute Gasteiger partial charge is 0.0641 e. The Morgan fingerprint density at radius 1 is 1.06 bits per heavy atom. The largest absolute Gasteiger partial charge is 0.308 e. The summed E-state index contributed by atoms with van der Waals surface area (Å²) in [5.74, 6) is 0. The number of aryl methyl sites for hydroxylation is 3. The van der Waals surface area contributed by atoms with Gasteiger partial charge in [-0.2, -0.15) is 5.10 Å². The molecule has 0 amide bonds. The van der Waals surface area contributed by atoms with E-state index in [2.05, 4.69) is 55.5 Å². The van der Waals surface area contributed by atoms with Crippen molar-refractivity contribution < 1.29 is 0 Å². The third-order valence-electron chi connectivity index (χ3n) is 3.41. The predicted molar refractivity (Wildman–Crippen MR) is 74.4 cm³/mol. The second-order valence-electron chi connectivity index (χ2n) is 4.86. The van der Waals surface area contributed by atoms with Crippen LogP contribution in [0.25, 0.3) is 0 Å². The van der Waals surface area contributed by atoms with Gasteiger partial charge in [0.05, 0.1) is 5.69 Å².